The van der Waals surface area contributed by atoms with Crippen LogP contribution in [0.5, 0.6) is 0 Å². The number of fused-ring (bicyclic) bond motifs is 5. The summed E-state index contributed by atoms with van der Waals surface area (Å²) in [4.78, 5) is 43.3. The summed E-state index contributed by atoms with van der Waals surface area (Å²) in [5, 5.41) is 15.8. The van der Waals surface area contributed by atoms with E-state index in [9.17, 15) is 19.2 Å². The van der Waals surface area contributed by atoms with Gasteiger partial charge in [0.15, 0.2) is 5.78 Å². The molecule has 3 saturated carbocycles. The number of hydrogen-bond acceptors (Lipinski definition) is 4. The van der Waals surface area contributed by atoms with Crippen molar-refractivity contribution in [2.75, 3.05) is 0 Å². The second-order valence-electron chi connectivity index (χ2n) is 10.5. The summed E-state index contributed by atoms with van der Waals surface area (Å²) in [5.41, 5.74) is 1.95. The zero-order valence-corrected chi connectivity index (χ0v) is 19.0. The smallest absolute Gasteiger partial charge is 0.303 e. The Labute approximate surface area is 184 Å². The number of hydrogen-bond donors (Lipinski definition) is 2. The molecule has 172 valence electrons. The fourth-order valence-electron chi connectivity index (χ4n) is 7.44. The Balaban J connectivity index is 0.000000293. The van der Waals surface area contributed by atoms with Crippen LogP contribution in [0.4, 0.5) is 0 Å². The van der Waals surface area contributed by atoms with E-state index in [1.54, 1.807) is 6.92 Å². The van der Waals surface area contributed by atoms with Gasteiger partial charge in [0, 0.05) is 12.3 Å². The van der Waals surface area contributed by atoms with E-state index in [1.165, 1.54) is 31.3 Å². The molecule has 0 aliphatic heterocycles. The SMILES string of the molecule is CC(=O)[C@H]1CC[C@H]2[C@@H]3CCC4=CC(=O)CC[C@]4(C)[C@H]3CC[C@]12C.O=C(O)CCC(=O)O. The van der Waals surface area contributed by atoms with Crippen LogP contribution in [0.3, 0.4) is 0 Å². The van der Waals surface area contributed by atoms with E-state index in [0.29, 0.717) is 17.5 Å². The molecule has 6 atom stereocenters. The Morgan fingerprint density at radius 2 is 1.58 bits per heavy atom. The van der Waals surface area contributed by atoms with Crippen molar-refractivity contribution in [1.29, 1.82) is 0 Å². The Morgan fingerprint density at radius 1 is 0.935 bits per heavy atom. The minimum Gasteiger partial charge on any atom is -0.481 e. The number of ketones is 2. The minimum absolute atomic E-state index is 0.245. The standard InChI is InChI=1S/C21H30O2.C4H6O4/c1-13(22)17-6-7-18-16-5-4-14-12-15(23)8-10-20(14,2)19(16)9-11-21(17,18)3;5-3(6)1-2-4(7)8/h12,16-19H,4-11H2,1-3H3;1-2H2,(H,5,6)(H,7,8)/t16-,17+,18-,19-,20-,21+;/m0./s1. The van der Waals surface area contributed by atoms with Gasteiger partial charge in [0.2, 0.25) is 0 Å². The maximum absolute atomic E-state index is 12.1. The van der Waals surface area contributed by atoms with Crippen LogP contribution >= 0.6 is 0 Å². The average molecular weight is 433 g/mol. The number of Topliss-reactive ketones (excluding diaryl/α,β-unsaturated/α-hetero) is 1. The molecule has 0 heterocycles. The van der Waals surface area contributed by atoms with Gasteiger partial charge in [0.25, 0.3) is 0 Å². The first-order chi connectivity index (χ1) is 14.5. The van der Waals surface area contributed by atoms with Crippen molar-refractivity contribution in [1.82, 2.24) is 0 Å². The van der Waals surface area contributed by atoms with Crippen LogP contribution in [-0.4, -0.2) is 33.7 Å². The summed E-state index contributed by atoms with van der Waals surface area (Å²) in [7, 11) is 0. The van der Waals surface area contributed by atoms with E-state index in [0.717, 1.165) is 43.4 Å². The summed E-state index contributed by atoms with van der Waals surface area (Å²) in [6, 6.07) is 0. The zero-order chi connectivity index (χ0) is 23.0. The largest absolute Gasteiger partial charge is 0.481 e. The molecule has 3 fully saturated rings. The van der Waals surface area contributed by atoms with Gasteiger partial charge >= 0.3 is 11.9 Å². The van der Waals surface area contributed by atoms with E-state index in [1.807, 2.05) is 6.08 Å². The second kappa shape index (κ2) is 8.87. The van der Waals surface area contributed by atoms with Gasteiger partial charge in [0.1, 0.15) is 5.78 Å². The average Bonchev–Trinajstić information content (AvgIpc) is 3.05. The first-order valence-electron chi connectivity index (χ1n) is 11.7. The number of aliphatic carboxylic acids is 2. The maximum atomic E-state index is 12.1. The number of allylic oxidation sites excluding steroid dienone is 1. The molecule has 0 bridgehead atoms. The number of rotatable bonds is 4. The van der Waals surface area contributed by atoms with Crippen LogP contribution in [0, 0.1) is 34.5 Å². The predicted molar refractivity (Wildman–Crippen MR) is 115 cm³/mol. The Morgan fingerprint density at radius 3 is 2.16 bits per heavy atom. The Hall–Kier alpha value is -1.98. The molecule has 0 radical (unpaired) electrons. The lowest BCUT2D eigenvalue weighted by molar-refractivity contribution is -0.143. The van der Waals surface area contributed by atoms with E-state index >= 15 is 0 Å². The highest BCUT2D eigenvalue weighted by atomic mass is 16.4. The number of carbonyl (C=O) groups excluding carboxylic acids is 2. The highest BCUT2D eigenvalue weighted by Crippen LogP contribution is 2.66. The molecule has 0 aromatic carbocycles. The molecular weight excluding hydrogens is 396 g/mol. The number of carboxylic acid groups (broad SMARTS) is 2. The van der Waals surface area contributed by atoms with Crippen molar-refractivity contribution in [2.24, 2.45) is 34.5 Å². The number of carboxylic acids is 2. The van der Waals surface area contributed by atoms with Gasteiger partial charge in [-0.05, 0) is 86.5 Å². The van der Waals surface area contributed by atoms with Gasteiger partial charge in [-0.1, -0.05) is 19.4 Å². The lowest BCUT2D eigenvalue weighted by Gasteiger charge is -2.58. The summed E-state index contributed by atoms with van der Waals surface area (Å²) in [6.45, 7) is 6.65. The molecule has 6 nitrogen and oxygen atoms in total. The second-order valence-corrected chi connectivity index (χ2v) is 10.5. The van der Waals surface area contributed by atoms with E-state index < -0.39 is 11.9 Å². The molecule has 4 aliphatic carbocycles. The third-order valence-corrected chi connectivity index (χ3v) is 9.01. The van der Waals surface area contributed by atoms with Gasteiger partial charge in [-0.25, -0.2) is 0 Å². The molecule has 31 heavy (non-hydrogen) atoms. The molecule has 4 aliphatic rings. The van der Waals surface area contributed by atoms with Crippen molar-refractivity contribution in [3.8, 4) is 0 Å². The lowest BCUT2D eigenvalue weighted by atomic mass is 9.47. The van der Waals surface area contributed by atoms with Gasteiger partial charge < -0.3 is 10.2 Å². The van der Waals surface area contributed by atoms with Gasteiger partial charge in [-0.15, -0.1) is 0 Å². The highest BCUT2D eigenvalue weighted by molar-refractivity contribution is 5.91. The topological polar surface area (TPSA) is 109 Å². The molecule has 4 rings (SSSR count). The van der Waals surface area contributed by atoms with Gasteiger partial charge in [-0.2, -0.15) is 0 Å². The Bertz CT molecular complexity index is 784. The van der Waals surface area contributed by atoms with Gasteiger partial charge in [-0.3, -0.25) is 19.2 Å². The third-order valence-electron chi connectivity index (χ3n) is 9.01. The molecule has 0 saturated heterocycles. The molecule has 0 aromatic rings. The normalized spacial score (nSPS) is 38.5. The van der Waals surface area contributed by atoms with E-state index in [4.69, 9.17) is 10.2 Å². The molecule has 0 spiro atoms. The van der Waals surface area contributed by atoms with Gasteiger partial charge in [0.05, 0.1) is 12.8 Å². The quantitative estimate of drug-likeness (QED) is 0.669. The lowest BCUT2D eigenvalue weighted by Crippen LogP contribution is -2.51. The molecular formula is C25H36O6. The maximum Gasteiger partial charge on any atom is 0.303 e. The van der Waals surface area contributed by atoms with Crippen molar-refractivity contribution >= 4 is 23.5 Å². The van der Waals surface area contributed by atoms with Crippen LogP contribution in [0.1, 0.15) is 85.0 Å². The first-order valence-corrected chi connectivity index (χ1v) is 11.7. The molecule has 0 amide bonds. The molecule has 0 aromatic heterocycles. The van der Waals surface area contributed by atoms with Crippen LogP contribution in [-0.2, 0) is 19.2 Å². The fourth-order valence-corrected chi connectivity index (χ4v) is 7.44. The first kappa shape index (κ1) is 23.7. The Kier molecular flexibility index (Phi) is 6.78. The highest BCUT2D eigenvalue weighted by Gasteiger charge is 2.59. The fraction of sp³-hybridized carbons (Fsp3) is 0.760. The van der Waals surface area contributed by atoms with Crippen LogP contribution in [0.15, 0.2) is 11.6 Å². The summed E-state index contributed by atoms with van der Waals surface area (Å²) in [6.07, 6.45) is 10.4. The third kappa shape index (κ3) is 4.49. The summed E-state index contributed by atoms with van der Waals surface area (Å²) >= 11 is 0. The predicted octanol–water partition coefficient (Wildman–Crippen LogP) is 4.66. The summed E-state index contributed by atoms with van der Waals surface area (Å²) in [5.74, 6) is 1.14. The molecule has 6 heteroatoms. The summed E-state index contributed by atoms with van der Waals surface area (Å²) < 4.78 is 0. The van der Waals surface area contributed by atoms with E-state index in [-0.39, 0.29) is 23.7 Å². The minimum atomic E-state index is -1.08. The van der Waals surface area contributed by atoms with Crippen LogP contribution < -0.4 is 0 Å². The van der Waals surface area contributed by atoms with Crippen molar-refractivity contribution in [3.63, 3.8) is 0 Å². The van der Waals surface area contributed by atoms with Crippen molar-refractivity contribution in [2.45, 2.75) is 85.0 Å². The van der Waals surface area contributed by atoms with Crippen molar-refractivity contribution < 1.29 is 29.4 Å². The number of carbonyl (C=O) groups is 4. The molecule has 2 N–H and O–H groups in total. The molecule has 0 unspecified atom stereocenters. The van der Waals surface area contributed by atoms with Crippen LogP contribution in [0.2, 0.25) is 0 Å². The monoisotopic (exact) mass is 432 g/mol. The van der Waals surface area contributed by atoms with E-state index in [2.05, 4.69) is 13.8 Å². The zero-order valence-electron chi connectivity index (χ0n) is 19.0. The van der Waals surface area contributed by atoms with Crippen molar-refractivity contribution in [3.05, 3.63) is 11.6 Å². The van der Waals surface area contributed by atoms with Crippen LogP contribution in [0.25, 0.3) is 0 Å².